The second-order valence-electron chi connectivity index (χ2n) is 7.41. The zero-order valence-electron chi connectivity index (χ0n) is 17.1. The molecule has 5 heteroatoms. The highest BCUT2D eigenvalue weighted by Gasteiger charge is 2.40. The molecule has 2 aromatic carbocycles. The van der Waals surface area contributed by atoms with E-state index in [2.05, 4.69) is 54.1 Å². The quantitative estimate of drug-likeness (QED) is 0.445. The van der Waals surface area contributed by atoms with E-state index in [1.54, 1.807) is 18.2 Å². The van der Waals surface area contributed by atoms with Gasteiger partial charge in [0.2, 0.25) is 0 Å². The molecule has 2 heterocycles. The fourth-order valence-corrected chi connectivity index (χ4v) is 5.00. The molecular formula is C25H27N3OS. The largest absolute Gasteiger partial charge is 0.457 e. The third-order valence-corrected chi connectivity index (χ3v) is 6.38. The van der Waals surface area contributed by atoms with E-state index >= 15 is 0 Å². The maximum Gasteiger partial charge on any atom is 0.127 e. The van der Waals surface area contributed by atoms with Crippen molar-refractivity contribution in [2.75, 3.05) is 22.1 Å². The minimum atomic E-state index is -0.115. The van der Waals surface area contributed by atoms with E-state index in [1.807, 2.05) is 30.0 Å². The SMILES string of the molecule is C=C/C=C(\C=C)Oc1cccc(CN=C2Nc3ccccc3NC23CCSCC3)c1. The van der Waals surface area contributed by atoms with Gasteiger partial charge in [-0.1, -0.05) is 43.5 Å². The van der Waals surface area contributed by atoms with Gasteiger partial charge in [0.25, 0.3) is 0 Å². The summed E-state index contributed by atoms with van der Waals surface area (Å²) in [6.45, 7) is 8.08. The van der Waals surface area contributed by atoms with E-state index in [-0.39, 0.29) is 5.54 Å². The highest BCUT2D eigenvalue weighted by atomic mass is 32.2. The van der Waals surface area contributed by atoms with E-state index in [9.17, 15) is 0 Å². The molecule has 0 saturated carbocycles. The Hall–Kier alpha value is -2.92. The zero-order valence-corrected chi connectivity index (χ0v) is 17.9. The second-order valence-corrected chi connectivity index (χ2v) is 8.64. The lowest BCUT2D eigenvalue weighted by atomic mass is 9.87. The first-order valence-electron chi connectivity index (χ1n) is 10.2. The van der Waals surface area contributed by atoms with Gasteiger partial charge in [0.15, 0.2) is 0 Å². The van der Waals surface area contributed by atoms with Crippen molar-refractivity contribution in [3.63, 3.8) is 0 Å². The summed E-state index contributed by atoms with van der Waals surface area (Å²) in [5.74, 6) is 4.75. The lowest BCUT2D eigenvalue weighted by Crippen LogP contribution is -2.54. The highest BCUT2D eigenvalue weighted by Crippen LogP contribution is 2.38. The predicted molar refractivity (Wildman–Crippen MR) is 130 cm³/mol. The number of thioether (sulfide) groups is 1. The van der Waals surface area contributed by atoms with Crippen LogP contribution < -0.4 is 15.4 Å². The second kappa shape index (κ2) is 9.26. The average Bonchev–Trinajstić information content (AvgIpc) is 2.78. The molecule has 1 spiro atoms. The van der Waals surface area contributed by atoms with Crippen LogP contribution in [0, 0.1) is 0 Å². The standard InChI is InChI=1S/C25H27N3OS/c1-3-8-20(4-2)29-21-10-7-9-19(17-21)18-26-24-25(13-15-30-16-14-25)28-23-12-6-5-11-22(23)27-24/h3-12,17,28H,1-2,13-16,18H2,(H,26,27)/b20-8+. The van der Waals surface area contributed by atoms with Crippen molar-refractivity contribution in [3.8, 4) is 5.75 Å². The number of hydrogen-bond donors (Lipinski definition) is 2. The Morgan fingerprint density at radius 1 is 1.10 bits per heavy atom. The molecule has 1 fully saturated rings. The molecule has 0 amide bonds. The van der Waals surface area contributed by atoms with Gasteiger partial charge < -0.3 is 15.4 Å². The van der Waals surface area contributed by atoms with Crippen LogP contribution in [-0.4, -0.2) is 22.9 Å². The summed E-state index contributed by atoms with van der Waals surface area (Å²) in [7, 11) is 0. The molecule has 2 aliphatic heterocycles. The Bertz CT molecular complexity index is 989. The minimum absolute atomic E-state index is 0.115. The molecule has 2 aromatic rings. The maximum atomic E-state index is 5.89. The molecule has 0 atom stereocenters. The number of fused-ring (bicyclic) bond motifs is 1. The summed E-state index contributed by atoms with van der Waals surface area (Å²) in [5.41, 5.74) is 3.23. The van der Waals surface area contributed by atoms with Crippen LogP contribution in [0.15, 0.2) is 90.7 Å². The van der Waals surface area contributed by atoms with E-state index < -0.39 is 0 Å². The minimum Gasteiger partial charge on any atom is -0.457 e. The van der Waals surface area contributed by atoms with Crippen molar-refractivity contribution in [2.24, 2.45) is 4.99 Å². The highest BCUT2D eigenvalue weighted by molar-refractivity contribution is 7.99. The Morgan fingerprint density at radius 2 is 1.90 bits per heavy atom. The first kappa shape index (κ1) is 20.4. The van der Waals surface area contributed by atoms with Gasteiger partial charge >= 0.3 is 0 Å². The molecule has 4 rings (SSSR count). The topological polar surface area (TPSA) is 45.6 Å². The van der Waals surface area contributed by atoms with Crippen LogP contribution in [0.2, 0.25) is 0 Å². The summed E-state index contributed by atoms with van der Waals surface area (Å²) >= 11 is 2.01. The van der Waals surface area contributed by atoms with Gasteiger partial charge in [0.05, 0.1) is 23.5 Å². The number of rotatable bonds is 6. The monoisotopic (exact) mass is 417 g/mol. The van der Waals surface area contributed by atoms with Gasteiger partial charge in [-0.25, -0.2) is 0 Å². The van der Waals surface area contributed by atoms with Gasteiger partial charge in [-0.15, -0.1) is 0 Å². The van der Waals surface area contributed by atoms with Gasteiger partial charge in [-0.3, -0.25) is 4.99 Å². The lowest BCUT2D eigenvalue weighted by molar-refractivity contribution is 0.444. The molecular weight excluding hydrogens is 390 g/mol. The number of allylic oxidation sites excluding steroid dienone is 3. The molecule has 2 N–H and O–H groups in total. The van der Waals surface area contributed by atoms with Gasteiger partial charge in [0.1, 0.15) is 17.3 Å². The molecule has 0 unspecified atom stereocenters. The molecule has 154 valence electrons. The van der Waals surface area contributed by atoms with Crippen LogP contribution in [0.5, 0.6) is 5.75 Å². The van der Waals surface area contributed by atoms with Crippen LogP contribution in [-0.2, 0) is 6.54 Å². The number of amidine groups is 1. The Labute approximate surface area is 182 Å². The third-order valence-electron chi connectivity index (χ3n) is 5.39. The first-order chi connectivity index (χ1) is 14.7. The van der Waals surface area contributed by atoms with Crippen molar-refractivity contribution in [2.45, 2.75) is 24.9 Å². The number of nitrogens with zero attached hydrogens (tertiary/aromatic N) is 1. The van der Waals surface area contributed by atoms with Crippen molar-refractivity contribution in [1.29, 1.82) is 0 Å². The molecule has 2 aliphatic rings. The van der Waals surface area contributed by atoms with E-state index in [0.717, 1.165) is 52.9 Å². The summed E-state index contributed by atoms with van der Waals surface area (Å²) in [5, 5.41) is 7.41. The van der Waals surface area contributed by atoms with E-state index in [1.165, 1.54) is 0 Å². The number of benzene rings is 2. The number of hydrogen-bond acceptors (Lipinski definition) is 4. The molecule has 30 heavy (non-hydrogen) atoms. The van der Waals surface area contributed by atoms with Crippen LogP contribution in [0.25, 0.3) is 0 Å². The Kier molecular flexibility index (Phi) is 6.29. The predicted octanol–water partition coefficient (Wildman–Crippen LogP) is 6.02. The van der Waals surface area contributed by atoms with Crippen molar-refractivity contribution in [3.05, 3.63) is 91.2 Å². The Morgan fingerprint density at radius 3 is 2.67 bits per heavy atom. The molecule has 0 radical (unpaired) electrons. The first-order valence-corrected chi connectivity index (χ1v) is 11.4. The van der Waals surface area contributed by atoms with Crippen LogP contribution in [0.4, 0.5) is 11.4 Å². The van der Waals surface area contributed by atoms with Crippen molar-refractivity contribution >= 4 is 29.0 Å². The Balaban J connectivity index is 1.57. The molecule has 0 aromatic heterocycles. The number of ether oxygens (including phenoxy) is 1. The summed E-state index contributed by atoms with van der Waals surface area (Å²) in [6, 6.07) is 16.4. The zero-order chi connectivity index (χ0) is 20.8. The molecule has 1 saturated heterocycles. The van der Waals surface area contributed by atoms with Crippen LogP contribution in [0.3, 0.4) is 0 Å². The molecule has 4 nitrogen and oxygen atoms in total. The van der Waals surface area contributed by atoms with Crippen LogP contribution >= 0.6 is 11.8 Å². The van der Waals surface area contributed by atoms with Gasteiger partial charge in [0, 0.05) is 0 Å². The van der Waals surface area contributed by atoms with Gasteiger partial charge in [-0.05, 0) is 66.3 Å². The normalized spacial score (nSPS) is 18.8. The summed E-state index contributed by atoms with van der Waals surface area (Å²) < 4.78 is 5.89. The summed E-state index contributed by atoms with van der Waals surface area (Å²) in [4.78, 5) is 5.03. The van der Waals surface area contributed by atoms with Crippen molar-refractivity contribution < 1.29 is 4.74 Å². The number of nitrogens with one attached hydrogen (secondary N) is 2. The van der Waals surface area contributed by atoms with Gasteiger partial charge in [-0.2, -0.15) is 11.8 Å². The van der Waals surface area contributed by atoms with Crippen LogP contribution in [0.1, 0.15) is 18.4 Å². The molecule has 0 aliphatic carbocycles. The lowest BCUT2D eigenvalue weighted by Gasteiger charge is -2.43. The number of aliphatic imine (C=N–C) groups is 1. The summed E-state index contributed by atoms with van der Waals surface area (Å²) in [6.07, 6.45) is 7.29. The smallest absolute Gasteiger partial charge is 0.127 e. The molecule has 0 bridgehead atoms. The number of para-hydroxylation sites is 2. The van der Waals surface area contributed by atoms with E-state index in [4.69, 9.17) is 9.73 Å². The number of anilines is 2. The van der Waals surface area contributed by atoms with Crippen molar-refractivity contribution in [1.82, 2.24) is 0 Å². The average molecular weight is 418 g/mol. The third kappa shape index (κ3) is 4.46. The maximum absolute atomic E-state index is 5.89. The fraction of sp³-hybridized carbons (Fsp3) is 0.240. The fourth-order valence-electron chi connectivity index (χ4n) is 3.81. The van der Waals surface area contributed by atoms with E-state index in [0.29, 0.717) is 12.3 Å².